The van der Waals surface area contributed by atoms with Gasteiger partial charge in [0.25, 0.3) is 0 Å². The van der Waals surface area contributed by atoms with Gasteiger partial charge in [-0.25, -0.2) is 0 Å². The lowest BCUT2D eigenvalue weighted by atomic mass is 9.65. The quantitative estimate of drug-likeness (QED) is 0.561. The lowest BCUT2D eigenvalue weighted by Crippen LogP contribution is -2.32. The highest BCUT2D eigenvalue weighted by Crippen LogP contribution is 2.49. The van der Waals surface area contributed by atoms with E-state index in [1.54, 1.807) is 6.08 Å². The molecule has 3 rings (SSSR count). The van der Waals surface area contributed by atoms with E-state index >= 15 is 0 Å². The van der Waals surface area contributed by atoms with E-state index in [0.717, 1.165) is 25.7 Å². The number of carbonyl (C=O) groups excluding carboxylic acids is 1. The van der Waals surface area contributed by atoms with Gasteiger partial charge in [-0.2, -0.15) is 0 Å². The van der Waals surface area contributed by atoms with E-state index in [4.69, 9.17) is 0 Å². The standard InChI is InChI=1S/C12H16O/c1-3-12-8-6-11(2,7-9-12)5-4-10(12)13/h3-5H,1,6-9H2,2H3. The maximum absolute atomic E-state index is 11.8. The van der Waals surface area contributed by atoms with Gasteiger partial charge in [-0.05, 0) is 37.2 Å². The molecular formula is C12H16O. The van der Waals surface area contributed by atoms with Crippen LogP contribution in [-0.4, -0.2) is 5.78 Å². The number of hydrogen-bond donors (Lipinski definition) is 0. The molecule has 0 aliphatic heterocycles. The Labute approximate surface area is 79.5 Å². The minimum Gasteiger partial charge on any atom is -0.294 e. The Morgan fingerprint density at radius 1 is 1.38 bits per heavy atom. The van der Waals surface area contributed by atoms with Crippen LogP contribution in [0.15, 0.2) is 24.8 Å². The third kappa shape index (κ3) is 1.18. The first-order valence-electron chi connectivity index (χ1n) is 4.98. The van der Waals surface area contributed by atoms with Gasteiger partial charge in [0.05, 0.1) is 5.41 Å². The molecule has 0 radical (unpaired) electrons. The van der Waals surface area contributed by atoms with Crippen LogP contribution in [0.1, 0.15) is 32.6 Å². The van der Waals surface area contributed by atoms with Gasteiger partial charge in [-0.15, -0.1) is 6.58 Å². The first-order chi connectivity index (χ1) is 6.10. The summed E-state index contributed by atoms with van der Waals surface area (Å²) < 4.78 is 0. The smallest absolute Gasteiger partial charge is 0.165 e. The van der Waals surface area contributed by atoms with Crippen LogP contribution in [0.25, 0.3) is 0 Å². The van der Waals surface area contributed by atoms with Crippen LogP contribution in [0.3, 0.4) is 0 Å². The van der Waals surface area contributed by atoms with E-state index in [0.29, 0.717) is 0 Å². The van der Waals surface area contributed by atoms with Gasteiger partial charge in [0, 0.05) is 0 Å². The second-order valence-electron chi connectivity index (χ2n) is 4.71. The lowest BCUT2D eigenvalue weighted by Gasteiger charge is -2.37. The van der Waals surface area contributed by atoms with Crippen molar-refractivity contribution in [3.8, 4) is 0 Å². The Morgan fingerprint density at radius 2 is 2.00 bits per heavy atom. The molecule has 1 saturated carbocycles. The number of carbonyl (C=O) groups is 1. The molecule has 0 amide bonds. The fourth-order valence-corrected chi connectivity index (χ4v) is 2.43. The summed E-state index contributed by atoms with van der Waals surface area (Å²) in [6, 6.07) is 0. The van der Waals surface area contributed by atoms with E-state index in [9.17, 15) is 4.79 Å². The average Bonchev–Trinajstić information content (AvgIpc) is 2.34. The third-order valence-electron chi connectivity index (χ3n) is 3.80. The first-order valence-corrected chi connectivity index (χ1v) is 4.98. The summed E-state index contributed by atoms with van der Waals surface area (Å²) in [5.41, 5.74) is 0.0607. The highest BCUT2D eigenvalue weighted by molar-refractivity contribution is 5.97. The average molecular weight is 176 g/mol. The van der Waals surface area contributed by atoms with Crippen molar-refractivity contribution in [2.75, 3.05) is 0 Å². The fourth-order valence-electron chi connectivity index (χ4n) is 2.43. The predicted molar refractivity (Wildman–Crippen MR) is 53.4 cm³/mol. The molecule has 0 saturated heterocycles. The zero-order valence-corrected chi connectivity index (χ0v) is 8.18. The maximum Gasteiger partial charge on any atom is 0.165 e. The molecule has 70 valence electrons. The lowest BCUT2D eigenvalue weighted by molar-refractivity contribution is -0.122. The van der Waals surface area contributed by atoms with E-state index in [2.05, 4.69) is 19.6 Å². The highest BCUT2D eigenvalue weighted by Gasteiger charge is 2.43. The molecule has 1 fully saturated rings. The van der Waals surface area contributed by atoms with Crippen LogP contribution in [-0.2, 0) is 4.79 Å². The molecule has 0 heterocycles. The van der Waals surface area contributed by atoms with Crippen molar-refractivity contribution in [2.45, 2.75) is 32.6 Å². The van der Waals surface area contributed by atoms with Crippen LogP contribution >= 0.6 is 0 Å². The monoisotopic (exact) mass is 176 g/mol. The Kier molecular flexibility index (Phi) is 1.73. The second-order valence-corrected chi connectivity index (χ2v) is 4.71. The normalized spacial score (nSPS) is 43.3. The van der Waals surface area contributed by atoms with Crippen LogP contribution in [0, 0.1) is 10.8 Å². The van der Waals surface area contributed by atoms with Gasteiger partial charge in [-0.1, -0.05) is 19.1 Å². The van der Waals surface area contributed by atoms with Crippen LogP contribution < -0.4 is 0 Å². The first kappa shape index (κ1) is 8.74. The molecule has 0 spiro atoms. The summed E-state index contributed by atoms with van der Waals surface area (Å²) in [6.07, 6.45) is 9.97. The van der Waals surface area contributed by atoms with E-state index in [1.165, 1.54) is 0 Å². The zero-order chi connectivity index (χ0) is 9.53. The Balaban J connectivity index is 2.42. The van der Waals surface area contributed by atoms with Gasteiger partial charge in [0.2, 0.25) is 0 Å². The minimum absolute atomic E-state index is 0.216. The summed E-state index contributed by atoms with van der Waals surface area (Å²) in [4.78, 5) is 11.8. The van der Waals surface area contributed by atoms with Crippen molar-refractivity contribution < 1.29 is 4.79 Å². The van der Waals surface area contributed by atoms with Crippen LogP contribution in [0.4, 0.5) is 0 Å². The van der Waals surface area contributed by atoms with E-state index < -0.39 is 0 Å². The van der Waals surface area contributed by atoms with Crippen molar-refractivity contribution in [1.82, 2.24) is 0 Å². The molecule has 0 aromatic heterocycles. The van der Waals surface area contributed by atoms with Gasteiger partial charge < -0.3 is 0 Å². The maximum atomic E-state index is 11.8. The summed E-state index contributed by atoms with van der Waals surface area (Å²) in [6.45, 7) is 6.06. The summed E-state index contributed by atoms with van der Waals surface area (Å²) in [5, 5.41) is 0. The summed E-state index contributed by atoms with van der Waals surface area (Å²) >= 11 is 0. The van der Waals surface area contributed by atoms with Gasteiger partial charge >= 0.3 is 0 Å². The molecule has 0 aromatic rings. The second kappa shape index (κ2) is 2.57. The zero-order valence-electron chi connectivity index (χ0n) is 8.18. The van der Waals surface area contributed by atoms with Gasteiger partial charge in [0.1, 0.15) is 0 Å². The Bertz CT molecular complexity index is 277. The van der Waals surface area contributed by atoms with E-state index in [1.807, 2.05) is 6.08 Å². The summed E-state index contributed by atoms with van der Waals surface area (Å²) in [7, 11) is 0. The topological polar surface area (TPSA) is 17.1 Å². The Hall–Kier alpha value is -0.850. The van der Waals surface area contributed by atoms with E-state index in [-0.39, 0.29) is 16.6 Å². The molecule has 2 bridgehead atoms. The third-order valence-corrected chi connectivity index (χ3v) is 3.80. The molecular weight excluding hydrogens is 160 g/mol. The molecule has 13 heavy (non-hydrogen) atoms. The molecule has 1 nitrogen and oxygen atoms in total. The predicted octanol–water partition coefficient (Wildman–Crippen LogP) is 2.88. The highest BCUT2D eigenvalue weighted by atomic mass is 16.1. The number of hydrogen-bond acceptors (Lipinski definition) is 1. The number of fused-ring (bicyclic) bond motifs is 3. The van der Waals surface area contributed by atoms with Crippen LogP contribution in [0.2, 0.25) is 0 Å². The molecule has 0 N–H and O–H groups in total. The van der Waals surface area contributed by atoms with Crippen LogP contribution in [0.5, 0.6) is 0 Å². The largest absolute Gasteiger partial charge is 0.294 e. The number of allylic oxidation sites excluding steroid dienone is 3. The number of rotatable bonds is 1. The molecule has 3 aliphatic carbocycles. The fraction of sp³-hybridized carbons (Fsp3) is 0.583. The molecule has 1 heteroatoms. The molecule has 3 aliphatic rings. The number of ketones is 1. The van der Waals surface area contributed by atoms with Crippen molar-refractivity contribution in [1.29, 1.82) is 0 Å². The van der Waals surface area contributed by atoms with Crippen molar-refractivity contribution in [3.63, 3.8) is 0 Å². The molecule has 0 atom stereocenters. The van der Waals surface area contributed by atoms with Crippen molar-refractivity contribution in [2.24, 2.45) is 10.8 Å². The Morgan fingerprint density at radius 3 is 2.54 bits per heavy atom. The van der Waals surface area contributed by atoms with Crippen molar-refractivity contribution in [3.05, 3.63) is 24.8 Å². The SMILES string of the molecule is C=CC12CCC(C)(C=CC1=O)CC2. The molecule has 0 aromatic carbocycles. The van der Waals surface area contributed by atoms with Gasteiger partial charge in [-0.3, -0.25) is 4.79 Å². The molecule has 0 unspecified atom stereocenters. The minimum atomic E-state index is -0.216. The van der Waals surface area contributed by atoms with Gasteiger partial charge in [0.15, 0.2) is 5.78 Å². The van der Waals surface area contributed by atoms with Crippen molar-refractivity contribution >= 4 is 5.78 Å². The summed E-state index contributed by atoms with van der Waals surface area (Å²) in [5.74, 6) is 0.267.